The molecular formula is C12H13N3O2S. The first-order valence-electron chi connectivity index (χ1n) is 5.63. The number of pyridine rings is 1. The zero-order valence-corrected chi connectivity index (χ0v) is 10.6. The van der Waals surface area contributed by atoms with Gasteiger partial charge in [0.05, 0.1) is 12.1 Å². The summed E-state index contributed by atoms with van der Waals surface area (Å²) < 4.78 is 0. The lowest BCUT2D eigenvalue weighted by molar-refractivity contribution is -0.137. The number of rotatable bonds is 3. The van der Waals surface area contributed by atoms with Crippen molar-refractivity contribution >= 4 is 23.4 Å². The smallest absolute Gasteiger partial charge is 0.305 e. The number of hydrogen-bond acceptors (Lipinski definition) is 5. The van der Waals surface area contributed by atoms with Gasteiger partial charge in [-0.15, -0.1) is 0 Å². The molecule has 1 aromatic rings. The Labute approximate surface area is 109 Å². The highest BCUT2D eigenvalue weighted by Crippen LogP contribution is 2.27. The lowest BCUT2D eigenvalue weighted by atomic mass is 10.1. The fourth-order valence-electron chi connectivity index (χ4n) is 2.06. The van der Waals surface area contributed by atoms with E-state index in [1.54, 1.807) is 24.0 Å². The molecule has 1 N–H and O–H groups in total. The number of hydrogen-bond donors (Lipinski definition) is 1. The average molecular weight is 263 g/mol. The Morgan fingerprint density at radius 3 is 3.28 bits per heavy atom. The molecule has 1 aliphatic rings. The lowest BCUT2D eigenvalue weighted by Crippen LogP contribution is -2.44. The predicted molar refractivity (Wildman–Crippen MR) is 69.7 cm³/mol. The van der Waals surface area contributed by atoms with Crippen LogP contribution in [0.25, 0.3) is 0 Å². The molecule has 0 aromatic carbocycles. The van der Waals surface area contributed by atoms with Crippen molar-refractivity contribution in [2.24, 2.45) is 0 Å². The molecule has 2 heterocycles. The van der Waals surface area contributed by atoms with E-state index in [2.05, 4.69) is 11.1 Å². The molecule has 1 fully saturated rings. The monoisotopic (exact) mass is 263 g/mol. The number of nitriles is 1. The van der Waals surface area contributed by atoms with Gasteiger partial charge in [-0.1, -0.05) is 0 Å². The first kappa shape index (κ1) is 12.7. The van der Waals surface area contributed by atoms with Gasteiger partial charge < -0.3 is 10.0 Å². The second-order valence-electron chi connectivity index (χ2n) is 4.00. The van der Waals surface area contributed by atoms with E-state index >= 15 is 0 Å². The number of aromatic nitrogens is 1. The van der Waals surface area contributed by atoms with E-state index in [0.29, 0.717) is 5.69 Å². The van der Waals surface area contributed by atoms with Crippen molar-refractivity contribution in [2.75, 3.05) is 23.0 Å². The Morgan fingerprint density at radius 1 is 1.72 bits per heavy atom. The fourth-order valence-corrected chi connectivity index (χ4v) is 3.12. The van der Waals surface area contributed by atoms with Gasteiger partial charge in [0.2, 0.25) is 0 Å². The standard InChI is InChI=1S/C12H13N3O2S/c13-7-10-11(2-1-3-14-10)15-4-5-18-8-9(15)6-12(16)17/h1-3,9H,4-6,8H2,(H,16,17). The summed E-state index contributed by atoms with van der Waals surface area (Å²) in [5.41, 5.74) is 1.10. The second-order valence-corrected chi connectivity index (χ2v) is 5.15. The summed E-state index contributed by atoms with van der Waals surface area (Å²) in [7, 11) is 0. The maximum Gasteiger partial charge on any atom is 0.305 e. The molecule has 0 bridgehead atoms. The largest absolute Gasteiger partial charge is 0.481 e. The fraction of sp³-hybridized carbons (Fsp3) is 0.417. The van der Waals surface area contributed by atoms with Crippen molar-refractivity contribution in [1.82, 2.24) is 4.98 Å². The van der Waals surface area contributed by atoms with Crippen molar-refractivity contribution < 1.29 is 9.90 Å². The molecule has 1 unspecified atom stereocenters. The molecule has 1 saturated heterocycles. The van der Waals surface area contributed by atoms with Gasteiger partial charge in [0, 0.05) is 30.3 Å². The Morgan fingerprint density at radius 2 is 2.56 bits per heavy atom. The zero-order chi connectivity index (χ0) is 13.0. The minimum Gasteiger partial charge on any atom is -0.481 e. The van der Waals surface area contributed by atoms with Crippen LogP contribution >= 0.6 is 11.8 Å². The van der Waals surface area contributed by atoms with Crippen molar-refractivity contribution in [3.8, 4) is 6.07 Å². The summed E-state index contributed by atoms with van der Waals surface area (Å²) in [5.74, 6) is 0.900. The van der Waals surface area contributed by atoms with Crippen molar-refractivity contribution in [2.45, 2.75) is 12.5 Å². The molecule has 0 radical (unpaired) electrons. The third-order valence-corrected chi connectivity index (χ3v) is 3.93. The van der Waals surface area contributed by atoms with Gasteiger partial charge in [-0.05, 0) is 12.1 Å². The van der Waals surface area contributed by atoms with Crippen molar-refractivity contribution in [1.29, 1.82) is 5.26 Å². The highest BCUT2D eigenvalue weighted by atomic mass is 32.2. The van der Waals surface area contributed by atoms with Gasteiger partial charge >= 0.3 is 5.97 Å². The summed E-state index contributed by atoms with van der Waals surface area (Å²) in [4.78, 5) is 16.9. The highest BCUT2D eigenvalue weighted by Gasteiger charge is 2.27. The molecule has 0 spiro atoms. The van der Waals surface area contributed by atoms with Crippen LogP contribution < -0.4 is 4.90 Å². The van der Waals surface area contributed by atoms with Crippen LogP contribution in [0.15, 0.2) is 18.3 Å². The Hall–Kier alpha value is -1.74. The van der Waals surface area contributed by atoms with Crippen LogP contribution in [-0.4, -0.2) is 40.2 Å². The van der Waals surface area contributed by atoms with Crippen LogP contribution in [0.3, 0.4) is 0 Å². The van der Waals surface area contributed by atoms with Crippen LogP contribution in [0.5, 0.6) is 0 Å². The number of aliphatic carboxylic acids is 1. The molecule has 1 aromatic heterocycles. The first-order valence-corrected chi connectivity index (χ1v) is 6.79. The third kappa shape index (κ3) is 2.74. The Kier molecular flexibility index (Phi) is 4.05. The molecule has 94 valence electrons. The number of nitrogens with zero attached hydrogens (tertiary/aromatic N) is 3. The average Bonchev–Trinajstić information content (AvgIpc) is 2.39. The van der Waals surface area contributed by atoms with E-state index in [-0.39, 0.29) is 12.5 Å². The molecular weight excluding hydrogens is 250 g/mol. The molecule has 0 saturated carbocycles. The van der Waals surface area contributed by atoms with Crippen LogP contribution in [0.4, 0.5) is 5.69 Å². The summed E-state index contributed by atoms with van der Waals surface area (Å²) in [6.07, 6.45) is 1.67. The van der Waals surface area contributed by atoms with E-state index in [4.69, 9.17) is 10.4 Å². The number of thioether (sulfide) groups is 1. The van der Waals surface area contributed by atoms with Crippen LogP contribution in [0, 0.1) is 11.3 Å². The first-order chi connectivity index (χ1) is 8.72. The number of carboxylic acids is 1. The maximum absolute atomic E-state index is 10.9. The summed E-state index contributed by atoms with van der Waals surface area (Å²) >= 11 is 1.75. The summed E-state index contributed by atoms with van der Waals surface area (Å²) in [5, 5.41) is 18.0. The second kappa shape index (κ2) is 5.74. The maximum atomic E-state index is 10.9. The third-order valence-electron chi connectivity index (χ3n) is 2.84. The van der Waals surface area contributed by atoms with E-state index < -0.39 is 5.97 Å². The van der Waals surface area contributed by atoms with Crippen molar-refractivity contribution in [3.05, 3.63) is 24.0 Å². The lowest BCUT2D eigenvalue weighted by Gasteiger charge is -2.36. The van der Waals surface area contributed by atoms with Gasteiger partial charge in [-0.3, -0.25) is 4.79 Å². The predicted octanol–water partition coefficient (Wildman–Crippen LogP) is 1.35. The van der Waals surface area contributed by atoms with Gasteiger partial charge in [0.25, 0.3) is 0 Å². The minimum absolute atomic E-state index is 0.0717. The molecule has 1 aliphatic heterocycles. The Bertz CT molecular complexity index is 486. The van der Waals surface area contributed by atoms with Crippen LogP contribution in [0.1, 0.15) is 12.1 Å². The molecule has 0 amide bonds. The Balaban J connectivity index is 2.28. The zero-order valence-electron chi connectivity index (χ0n) is 9.74. The summed E-state index contributed by atoms with van der Waals surface area (Å²) in [6, 6.07) is 5.59. The van der Waals surface area contributed by atoms with E-state index in [1.165, 1.54) is 0 Å². The summed E-state index contributed by atoms with van der Waals surface area (Å²) in [6.45, 7) is 0.753. The topological polar surface area (TPSA) is 77.2 Å². The van der Waals surface area contributed by atoms with E-state index in [9.17, 15) is 4.79 Å². The highest BCUT2D eigenvalue weighted by molar-refractivity contribution is 7.99. The quantitative estimate of drug-likeness (QED) is 0.887. The minimum atomic E-state index is -0.810. The number of carbonyl (C=O) groups is 1. The SMILES string of the molecule is N#Cc1ncccc1N1CCSCC1CC(=O)O. The number of anilines is 1. The van der Waals surface area contributed by atoms with Crippen molar-refractivity contribution in [3.63, 3.8) is 0 Å². The molecule has 1 atom stereocenters. The molecule has 6 heteroatoms. The number of carboxylic acid groups (broad SMARTS) is 1. The van der Waals surface area contributed by atoms with E-state index in [0.717, 1.165) is 23.7 Å². The van der Waals surface area contributed by atoms with Crippen LogP contribution in [0.2, 0.25) is 0 Å². The molecule has 5 nitrogen and oxygen atoms in total. The molecule has 0 aliphatic carbocycles. The van der Waals surface area contributed by atoms with Gasteiger partial charge in [0.1, 0.15) is 6.07 Å². The van der Waals surface area contributed by atoms with Crippen LogP contribution in [-0.2, 0) is 4.79 Å². The van der Waals surface area contributed by atoms with E-state index in [1.807, 2.05) is 11.0 Å². The van der Waals surface area contributed by atoms with Gasteiger partial charge in [-0.25, -0.2) is 4.98 Å². The molecule has 18 heavy (non-hydrogen) atoms. The normalized spacial score (nSPS) is 19.3. The van der Waals surface area contributed by atoms with Gasteiger partial charge in [-0.2, -0.15) is 17.0 Å². The molecule has 2 rings (SSSR count). The van der Waals surface area contributed by atoms with Gasteiger partial charge in [0.15, 0.2) is 5.69 Å².